The fourth-order valence-corrected chi connectivity index (χ4v) is 8.59. The molecule has 1 aliphatic carbocycles. The lowest BCUT2D eigenvalue weighted by Gasteiger charge is -2.41. The topological polar surface area (TPSA) is 318 Å². The molecule has 0 aromatic carbocycles. The number of amides is 1. The monoisotopic (exact) mass is 733 g/mol. The van der Waals surface area contributed by atoms with E-state index in [1.165, 1.54) is 22.0 Å². The van der Waals surface area contributed by atoms with Gasteiger partial charge in [0.1, 0.15) is 48.5 Å². The average molecular weight is 734 g/mol. The number of rotatable bonds is 11. The van der Waals surface area contributed by atoms with Crippen molar-refractivity contribution in [3.05, 3.63) is 36.7 Å². The first-order valence-electron chi connectivity index (χ1n) is 15.2. The zero-order valence-electron chi connectivity index (χ0n) is 25.7. The van der Waals surface area contributed by atoms with Gasteiger partial charge >= 0.3 is 15.6 Å². The number of nitrogen functional groups attached to an aromatic ring is 1. The molecule has 49 heavy (non-hydrogen) atoms. The van der Waals surface area contributed by atoms with Crippen LogP contribution in [-0.2, 0) is 36.8 Å². The van der Waals surface area contributed by atoms with Crippen LogP contribution in [0.3, 0.4) is 0 Å². The minimum Gasteiger partial charge on any atom is -0.387 e. The average Bonchev–Trinajstić information content (AvgIpc) is 3.69. The fourth-order valence-electron chi connectivity index (χ4n) is 6.50. The summed E-state index contributed by atoms with van der Waals surface area (Å²) in [6, 6.07) is 0. The first-order valence-corrected chi connectivity index (χ1v) is 18.2. The molecule has 2 saturated heterocycles. The van der Waals surface area contributed by atoms with Crippen LogP contribution in [-0.4, -0.2) is 117 Å². The zero-order chi connectivity index (χ0) is 35.3. The largest absolute Gasteiger partial charge is 0.481 e. The second-order valence-corrected chi connectivity index (χ2v) is 15.2. The van der Waals surface area contributed by atoms with Crippen molar-refractivity contribution in [1.82, 2.24) is 24.4 Å². The summed E-state index contributed by atoms with van der Waals surface area (Å²) in [5.41, 5.74) is 11.6. The number of primary amides is 1. The third-order valence-electron chi connectivity index (χ3n) is 9.03. The Morgan fingerprint density at radius 1 is 0.918 bits per heavy atom. The number of phosphoric acid groups is 2. The summed E-state index contributed by atoms with van der Waals surface area (Å²) in [7, 11) is -10.8. The molecule has 23 heteroatoms. The summed E-state index contributed by atoms with van der Waals surface area (Å²) in [5, 5.41) is 42.3. The normalized spacial score (nSPS) is 33.8. The highest BCUT2D eigenvalue weighted by molar-refractivity contribution is 7.61. The van der Waals surface area contributed by atoms with Gasteiger partial charge in [-0.05, 0) is 12.8 Å². The number of phosphoric ester groups is 2. The number of anilines is 1. The number of hydrogen-bond acceptors (Lipinski definition) is 17. The molecular formula is C26H37N7O14P2. The van der Waals surface area contributed by atoms with Crippen molar-refractivity contribution in [3.63, 3.8) is 0 Å². The minimum absolute atomic E-state index is 0.0538. The molecule has 4 aliphatic rings. The Kier molecular flexibility index (Phi) is 10.0. The molecule has 0 radical (unpaired) electrons. The van der Waals surface area contributed by atoms with E-state index in [0.29, 0.717) is 5.57 Å². The van der Waals surface area contributed by atoms with Crippen molar-refractivity contribution in [2.75, 3.05) is 18.9 Å². The van der Waals surface area contributed by atoms with E-state index in [0.717, 1.165) is 38.4 Å². The van der Waals surface area contributed by atoms with Gasteiger partial charge < -0.3 is 56.1 Å². The Bertz CT molecular complexity index is 1720. The lowest BCUT2D eigenvalue weighted by molar-refractivity contribution is -0.116. The molecule has 6 rings (SSSR count). The van der Waals surface area contributed by atoms with Gasteiger partial charge in [0, 0.05) is 23.4 Å². The molecule has 3 aliphatic heterocycles. The van der Waals surface area contributed by atoms with Gasteiger partial charge in [0.25, 0.3) is 0 Å². The first-order chi connectivity index (χ1) is 23.1. The molecule has 1 amide bonds. The van der Waals surface area contributed by atoms with Gasteiger partial charge in [-0.1, -0.05) is 25.3 Å². The van der Waals surface area contributed by atoms with Crippen LogP contribution < -0.4 is 11.5 Å². The SMILES string of the molecule is NC(=O)C1=CN(C2OC(COP(=O)(O)OP(=O)(O)OCC3OC(n4cnc5c(N)ncnc54)C(O)C3O)C(O)C2O)C=CC12CCCCC2. The van der Waals surface area contributed by atoms with Crippen molar-refractivity contribution in [2.24, 2.45) is 11.1 Å². The van der Waals surface area contributed by atoms with E-state index in [9.17, 15) is 44.1 Å². The molecule has 10 atom stereocenters. The van der Waals surface area contributed by atoms with E-state index in [1.807, 2.05) is 6.08 Å². The van der Waals surface area contributed by atoms with Crippen molar-refractivity contribution in [2.45, 2.75) is 81.2 Å². The maximum atomic E-state index is 12.6. The molecule has 3 fully saturated rings. The number of aliphatic hydroxyl groups excluding tert-OH is 4. The smallest absolute Gasteiger partial charge is 0.387 e. The summed E-state index contributed by atoms with van der Waals surface area (Å²) in [4.78, 5) is 45.9. The summed E-state index contributed by atoms with van der Waals surface area (Å²) in [6.45, 7) is -1.78. The predicted octanol–water partition coefficient (Wildman–Crippen LogP) is -1.13. The number of carbonyl (C=O) groups is 1. The van der Waals surface area contributed by atoms with Gasteiger partial charge in [-0.25, -0.2) is 24.1 Å². The van der Waals surface area contributed by atoms with Crippen LogP contribution in [0.15, 0.2) is 36.7 Å². The van der Waals surface area contributed by atoms with Crippen LogP contribution in [0.1, 0.15) is 38.3 Å². The van der Waals surface area contributed by atoms with Crippen molar-refractivity contribution in [3.8, 4) is 0 Å². The van der Waals surface area contributed by atoms with Gasteiger partial charge in [-0.3, -0.25) is 18.4 Å². The van der Waals surface area contributed by atoms with Gasteiger partial charge in [-0.2, -0.15) is 4.31 Å². The molecule has 10 N–H and O–H groups in total. The lowest BCUT2D eigenvalue weighted by Crippen LogP contribution is -2.43. The molecular weight excluding hydrogens is 696 g/mol. The number of aliphatic hydroxyl groups is 4. The van der Waals surface area contributed by atoms with E-state index in [1.54, 1.807) is 6.20 Å². The Morgan fingerprint density at radius 2 is 1.51 bits per heavy atom. The van der Waals surface area contributed by atoms with Gasteiger partial charge in [0.05, 0.1) is 19.5 Å². The highest BCUT2D eigenvalue weighted by Gasteiger charge is 2.49. The van der Waals surface area contributed by atoms with Gasteiger partial charge in [-0.15, -0.1) is 0 Å². The highest BCUT2D eigenvalue weighted by Crippen LogP contribution is 2.61. The number of hydrogen-bond donors (Lipinski definition) is 8. The minimum atomic E-state index is -5.39. The second-order valence-electron chi connectivity index (χ2n) is 12.2. The van der Waals surface area contributed by atoms with Gasteiger partial charge in [0.2, 0.25) is 5.91 Å². The quantitative estimate of drug-likeness (QED) is 0.127. The lowest BCUT2D eigenvalue weighted by atomic mass is 9.68. The molecule has 2 aromatic heterocycles. The summed E-state index contributed by atoms with van der Waals surface area (Å²) >= 11 is 0. The Balaban J connectivity index is 1.03. The third kappa shape index (κ3) is 7.18. The number of carbonyl (C=O) groups excluding carboxylic acids is 1. The Morgan fingerprint density at radius 3 is 2.12 bits per heavy atom. The van der Waals surface area contributed by atoms with Gasteiger partial charge in [0.15, 0.2) is 23.9 Å². The Labute approximate surface area is 277 Å². The number of aromatic nitrogens is 4. The molecule has 2 aromatic rings. The van der Waals surface area contributed by atoms with Crippen LogP contribution in [0.2, 0.25) is 0 Å². The third-order valence-corrected chi connectivity index (χ3v) is 11.6. The Hall–Kier alpha value is -2.88. The van der Waals surface area contributed by atoms with E-state index in [-0.39, 0.29) is 17.0 Å². The maximum absolute atomic E-state index is 12.6. The number of ether oxygens (including phenoxy) is 2. The van der Waals surface area contributed by atoms with Crippen LogP contribution >= 0.6 is 15.6 Å². The van der Waals surface area contributed by atoms with E-state index >= 15 is 0 Å². The summed E-state index contributed by atoms with van der Waals surface area (Å²) in [6.07, 6.45) is -0.321. The number of allylic oxidation sites excluding steroid dienone is 1. The summed E-state index contributed by atoms with van der Waals surface area (Å²) in [5.74, 6) is -0.589. The zero-order valence-corrected chi connectivity index (χ0v) is 27.5. The number of nitrogens with zero attached hydrogens (tertiary/aromatic N) is 5. The number of fused-ring (bicyclic) bond motifs is 1. The van der Waals surface area contributed by atoms with Crippen LogP contribution in [0, 0.1) is 5.41 Å². The summed E-state index contributed by atoms with van der Waals surface area (Å²) < 4.78 is 51.5. The molecule has 1 spiro atoms. The number of imidazole rings is 1. The predicted molar refractivity (Wildman–Crippen MR) is 163 cm³/mol. The van der Waals surface area contributed by atoms with Crippen molar-refractivity contribution in [1.29, 1.82) is 0 Å². The van der Waals surface area contributed by atoms with E-state index in [2.05, 4.69) is 19.3 Å². The van der Waals surface area contributed by atoms with Crippen LogP contribution in [0.4, 0.5) is 5.82 Å². The molecule has 5 heterocycles. The second kappa shape index (κ2) is 13.7. The fraction of sp³-hybridized carbons (Fsp3) is 0.615. The van der Waals surface area contributed by atoms with Crippen LogP contribution in [0.5, 0.6) is 0 Å². The molecule has 0 bridgehead atoms. The maximum Gasteiger partial charge on any atom is 0.481 e. The first kappa shape index (κ1) is 35.9. The molecule has 21 nitrogen and oxygen atoms in total. The standard InChI is InChI=1S/C26H37N7O14P2/c27-21-16-23(30-11-29-21)33(12-31-16)25-20(37)18(35)15(46-25)10-44-49(41,42)47-48(39,40)43-9-14-17(34)19(36)24(45-14)32-7-6-26(4-2-1-3-5-26)13(8-32)22(28)38/h6-8,11-12,14-15,17-20,24-25,34-37H,1-5,9-10H2,(H2,28,38)(H,39,40)(H,41,42)(H2,27,29,30). The highest BCUT2D eigenvalue weighted by atomic mass is 31.3. The van der Waals surface area contributed by atoms with E-state index < -0.39 is 89.3 Å². The molecule has 10 unspecified atom stereocenters. The number of nitrogens with two attached hydrogens (primary N) is 2. The van der Waals surface area contributed by atoms with E-state index in [4.69, 9.17) is 30.0 Å². The molecule has 270 valence electrons. The van der Waals surface area contributed by atoms with Crippen molar-refractivity contribution < 1.29 is 67.0 Å². The van der Waals surface area contributed by atoms with Crippen LogP contribution in [0.25, 0.3) is 11.2 Å². The van der Waals surface area contributed by atoms with Crippen molar-refractivity contribution >= 4 is 38.5 Å². The molecule has 1 saturated carbocycles.